The normalized spacial score (nSPS) is 11.7. The van der Waals surface area contributed by atoms with Crippen LogP contribution in [0.5, 0.6) is 5.75 Å². The van der Waals surface area contributed by atoms with E-state index in [4.69, 9.17) is 4.74 Å². The number of nitrogens with zero attached hydrogens (tertiary/aromatic N) is 1. The number of nitrogens with one attached hydrogen (secondary N) is 1. The van der Waals surface area contributed by atoms with E-state index in [1.54, 1.807) is 19.2 Å². The van der Waals surface area contributed by atoms with Crippen LogP contribution in [0.4, 0.5) is 5.69 Å². The molecule has 104 valence electrons. The van der Waals surface area contributed by atoms with Gasteiger partial charge in [0.25, 0.3) is 5.91 Å². The van der Waals surface area contributed by atoms with Crippen LogP contribution in [0.3, 0.4) is 0 Å². The minimum Gasteiger partial charge on any atom is -0.481 e. The molecule has 1 amide bonds. The predicted molar refractivity (Wildman–Crippen MR) is 81.2 cm³/mol. The summed E-state index contributed by atoms with van der Waals surface area (Å²) in [5.41, 5.74) is 0.702. The minimum absolute atomic E-state index is 0.197. The largest absolute Gasteiger partial charge is 0.481 e. The van der Waals surface area contributed by atoms with Crippen molar-refractivity contribution in [2.45, 2.75) is 18.1 Å². The number of thioether (sulfide) groups is 1. The lowest BCUT2D eigenvalue weighted by Gasteiger charge is -2.15. The fourth-order valence-electron chi connectivity index (χ4n) is 1.64. The van der Waals surface area contributed by atoms with Crippen molar-refractivity contribution in [1.29, 1.82) is 0 Å². The lowest BCUT2D eigenvalue weighted by Crippen LogP contribution is -2.30. The molecule has 1 aromatic carbocycles. The molecule has 0 fully saturated rings. The number of ether oxygens (including phenoxy) is 1. The maximum Gasteiger partial charge on any atom is 0.265 e. The molecule has 1 atom stereocenters. The monoisotopic (exact) mass is 288 g/mol. The van der Waals surface area contributed by atoms with Gasteiger partial charge < -0.3 is 10.1 Å². The molecular formula is C15H16N2O2S. The molecule has 0 spiro atoms. The van der Waals surface area contributed by atoms with Crippen molar-refractivity contribution in [3.8, 4) is 5.75 Å². The van der Waals surface area contributed by atoms with Crippen LogP contribution in [0.1, 0.15) is 6.92 Å². The Morgan fingerprint density at radius 1 is 1.25 bits per heavy atom. The first-order chi connectivity index (χ1) is 9.70. The van der Waals surface area contributed by atoms with E-state index in [1.807, 2.05) is 42.7 Å². The highest BCUT2D eigenvalue weighted by molar-refractivity contribution is 7.98. The van der Waals surface area contributed by atoms with Gasteiger partial charge in [0, 0.05) is 6.20 Å². The molecule has 20 heavy (non-hydrogen) atoms. The number of amides is 1. The SMILES string of the molecule is CSc1ncccc1NC(=O)C(C)Oc1ccccc1. The maximum atomic E-state index is 12.1. The molecular weight excluding hydrogens is 272 g/mol. The van der Waals surface area contributed by atoms with Crippen LogP contribution in [0.25, 0.3) is 0 Å². The van der Waals surface area contributed by atoms with Crippen LogP contribution in [-0.2, 0) is 4.79 Å². The fourth-order valence-corrected chi connectivity index (χ4v) is 2.14. The van der Waals surface area contributed by atoms with Crippen molar-refractivity contribution in [2.24, 2.45) is 0 Å². The lowest BCUT2D eigenvalue weighted by atomic mass is 10.3. The minimum atomic E-state index is -0.577. The van der Waals surface area contributed by atoms with Crippen molar-refractivity contribution in [1.82, 2.24) is 4.98 Å². The molecule has 2 aromatic rings. The van der Waals surface area contributed by atoms with Crippen molar-refractivity contribution < 1.29 is 9.53 Å². The van der Waals surface area contributed by atoms with Gasteiger partial charge in [0.15, 0.2) is 6.10 Å². The summed E-state index contributed by atoms with van der Waals surface area (Å²) in [4.78, 5) is 16.3. The third-order valence-electron chi connectivity index (χ3n) is 2.65. The molecule has 1 unspecified atom stereocenters. The van der Waals surface area contributed by atoms with Crippen molar-refractivity contribution in [3.63, 3.8) is 0 Å². The van der Waals surface area contributed by atoms with Gasteiger partial charge >= 0.3 is 0 Å². The number of hydrogen-bond donors (Lipinski definition) is 1. The molecule has 2 rings (SSSR count). The summed E-state index contributed by atoms with van der Waals surface area (Å²) in [6.07, 6.45) is 3.04. The standard InChI is InChI=1S/C15H16N2O2S/c1-11(19-12-7-4-3-5-8-12)14(18)17-13-9-6-10-16-15(13)20-2/h3-11H,1-2H3,(H,17,18). The van der Waals surface area contributed by atoms with Gasteiger partial charge in [-0.2, -0.15) is 0 Å². The molecule has 0 aliphatic heterocycles. The average Bonchev–Trinajstić information content (AvgIpc) is 2.48. The van der Waals surface area contributed by atoms with Gasteiger partial charge in [-0.1, -0.05) is 18.2 Å². The van der Waals surface area contributed by atoms with Crippen molar-refractivity contribution >= 4 is 23.4 Å². The van der Waals surface area contributed by atoms with Crippen LogP contribution >= 0.6 is 11.8 Å². The maximum absolute atomic E-state index is 12.1. The third kappa shape index (κ3) is 3.74. The zero-order valence-corrected chi connectivity index (χ0v) is 12.2. The number of anilines is 1. The lowest BCUT2D eigenvalue weighted by molar-refractivity contribution is -0.122. The van der Waals surface area contributed by atoms with Crippen molar-refractivity contribution in [2.75, 3.05) is 11.6 Å². The summed E-state index contributed by atoms with van der Waals surface area (Å²) in [6.45, 7) is 1.72. The van der Waals surface area contributed by atoms with Gasteiger partial charge in [-0.05, 0) is 37.4 Å². The smallest absolute Gasteiger partial charge is 0.265 e. The van der Waals surface area contributed by atoms with Crippen LogP contribution in [0, 0.1) is 0 Å². The first kappa shape index (κ1) is 14.4. The highest BCUT2D eigenvalue weighted by Gasteiger charge is 2.16. The molecule has 0 saturated carbocycles. The molecule has 0 aliphatic rings. The topological polar surface area (TPSA) is 51.2 Å². The number of hydrogen-bond acceptors (Lipinski definition) is 4. The number of pyridine rings is 1. The first-order valence-electron chi connectivity index (χ1n) is 6.22. The van der Waals surface area contributed by atoms with E-state index in [0.717, 1.165) is 5.03 Å². The number of para-hydroxylation sites is 1. The molecule has 0 saturated heterocycles. The molecule has 0 bridgehead atoms. The van der Waals surface area contributed by atoms with Gasteiger partial charge in [-0.3, -0.25) is 4.79 Å². The first-order valence-corrected chi connectivity index (χ1v) is 7.44. The molecule has 1 heterocycles. The molecule has 5 heteroatoms. The van der Waals surface area contributed by atoms with E-state index < -0.39 is 6.10 Å². The Hall–Kier alpha value is -2.01. The Labute approximate surface area is 122 Å². The van der Waals surface area contributed by atoms with Gasteiger partial charge in [0.1, 0.15) is 10.8 Å². The van der Waals surface area contributed by atoms with E-state index >= 15 is 0 Å². The number of aromatic nitrogens is 1. The Morgan fingerprint density at radius 2 is 2.00 bits per heavy atom. The van der Waals surface area contributed by atoms with Crippen molar-refractivity contribution in [3.05, 3.63) is 48.7 Å². The molecule has 4 nitrogen and oxygen atoms in total. The zero-order valence-electron chi connectivity index (χ0n) is 11.4. The van der Waals surface area contributed by atoms with E-state index in [-0.39, 0.29) is 5.91 Å². The van der Waals surface area contributed by atoms with E-state index in [1.165, 1.54) is 11.8 Å². The summed E-state index contributed by atoms with van der Waals surface area (Å²) in [6, 6.07) is 12.9. The van der Waals surface area contributed by atoms with Crippen LogP contribution < -0.4 is 10.1 Å². The quantitative estimate of drug-likeness (QED) is 0.858. The Bertz CT molecular complexity index is 575. The predicted octanol–water partition coefficient (Wildman–Crippen LogP) is 3.21. The van der Waals surface area contributed by atoms with Gasteiger partial charge in [0.2, 0.25) is 0 Å². The van der Waals surface area contributed by atoms with E-state index in [9.17, 15) is 4.79 Å². The Kier molecular flexibility index (Phi) is 5.01. The summed E-state index contributed by atoms with van der Waals surface area (Å²) in [5.74, 6) is 0.476. The second-order valence-corrected chi connectivity index (χ2v) is 4.92. The second-order valence-electron chi connectivity index (χ2n) is 4.12. The summed E-state index contributed by atoms with van der Waals surface area (Å²) in [5, 5.41) is 3.62. The van der Waals surface area contributed by atoms with E-state index in [2.05, 4.69) is 10.3 Å². The molecule has 0 radical (unpaired) electrons. The van der Waals surface area contributed by atoms with Gasteiger partial charge in [-0.25, -0.2) is 4.98 Å². The van der Waals surface area contributed by atoms with Crippen LogP contribution in [0.15, 0.2) is 53.7 Å². The fraction of sp³-hybridized carbons (Fsp3) is 0.200. The Morgan fingerprint density at radius 3 is 2.70 bits per heavy atom. The Balaban J connectivity index is 2.01. The zero-order chi connectivity index (χ0) is 14.4. The number of rotatable bonds is 5. The van der Waals surface area contributed by atoms with Gasteiger partial charge in [0.05, 0.1) is 5.69 Å². The molecule has 1 N–H and O–H groups in total. The molecule has 0 aliphatic carbocycles. The third-order valence-corrected chi connectivity index (χ3v) is 3.36. The highest BCUT2D eigenvalue weighted by atomic mass is 32.2. The summed E-state index contributed by atoms with van der Waals surface area (Å²) < 4.78 is 5.58. The number of carbonyl (C=O) groups excluding carboxylic acids is 1. The average molecular weight is 288 g/mol. The summed E-state index contributed by atoms with van der Waals surface area (Å²) in [7, 11) is 0. The second kappa shape index (κ2) is 6.96. The number of benzene rings is 1. The molecule has 1 aromatic heterocycles. The highest BCUT2D eigenvalue weighted by Crippen LogP contribution is 2.22. The summed E-state index contributed by atoms with van der Waals surface area (Å²) >= 11 is 1.49. The van der Waals surface area contributed by atoms with Gasteiger partial charge in [-0.15, -0.1) is 11.8 Å². The van der Waals surface area contributed by atoms with E-state index in [0.29, 0.717) is 11.4 Å². The number of carbonyl (C=O) groups is 1. The van der Waals surface area contributed by atoms with Crippen LogP contribution in [-0.4, -0.2) is 23.3 Å². The van der Waals surface area contributed by atoms with Crippen LogP contribution in [0.2, 0.25) is 0 Å².